The van der Waals surface area contributed by atoms with Crippen LogP contribution >= 0.6 is 0 Å². The number of aromatic nitrogens is 2. The van der Waals surface area contributed by atoms with Gasteiger partial charge in [-0.1, -0.05) is 0 Å². The molecule has 1 aromatic rings. The number of nitrogens with one attached hydrogen (secondary N) is 1. The van der Waals surface area contributed by atoms with E-state index in [0.29, 0.717) is 18.2 Å². The Morgan fingerprint density at radius 1 is 1.44 bits per heavy atom. The van der Waals surface area contributed by atoms with Gasteiger partial charge in [-0.2, -0.15) is 5.10 Å². The lowest BCUT2D eigenvalue weighted by Crippen LogP contribution is -2.39. The van der Waals surface area contributed by atoms with Crippen LogP contribution in [0.1, 0.15) is 19.3 Å². The van der Waals surface area contributed by atoms with Gasteiger partial charge in [-0.25, -0.2) is 4.68 Å². The summed E-state index contributed by atoms with van der Waals surface area (Å²) < 4.78 is 6.75. The highest BCUT2D eigenvalue weighted by Crippen LogP contribution is 2.15. The minimum atomic E-state index is 0.138. The summed E-state index contributed by atoms with van der Waals surface area (Å²) >= 11 is 0. The van der Waals surface area contributed by atoms with Gasteiger partial charge in [-0.15, -0.1) is 0 Å². The molecule has 1 saturated heterocycles. The smallest absolute Gasteiger partial charge is 0.241 e. The number of hydrogen-bond acceptors (Lipinski definition) is 4. The molecule has 18 heavy (non-hydrogen) atoms. The van der Waals surface area contributed by atoms with Crippen molar-refractivity contribution in [2.24, 2.45) is 7.05 Å². The fraction of sp³-hybridized carbons (Fsp3) is 0.667. The molecule has 1 N–H and O–H groups in total. The molecule has 0 spiro atoms. The molecule has 0 unspecified atom stereocenters. The van der Waals surface area contributed by atoms with Crippen molar-refractivity contribution in [3.05, 3.63) is 6.07 Å². The maximum Gasteiger partial charge on any atom is 0.241 e. The Balaban J connectivity index is 1.84. The first-order valence-electron chi connectivity index (χ1n) is 6.30. The van der Waals surface area contributed by atoms with E-state index in [4.69, 9.17) is 4.74 Å². The first kappa shape index (κ1) is 12.7. The van der Waals surface area contributed by atoms with Crippen LogP contribution in [-0.2, 0) is 11.8 Å². The number of ether oxygens (including phenoxy) is 1. The number of amides is 1. The van der Waals surface area contributed by atoms with Gasteiger partial charge in [-0.05, 0) is 19.3 Å². The molecular formula is C12H20N4O2. The van der Waals surface area contributed by atoms with Crippen LogP contribution in [0.5, 0.6) is 5.88 Å². The van der Waals surface area contributed by atoms with Crippen LogP contribution in [0.2, 0.25) is 0 Å². The van der Waals surface area contributed by atoms with Crippen LogP contribution in [0.3, 0.4) is 0 Å². The Bertz CT molecular complexity index is 410. The third-order valence-electron chi connectivity index (χ3n) is 3.18. The summed E-state index contributed by atoms with van der Waals surface area (Å²) in [6, 6.07) is 1.78. The molecular weight excluding hydrogens is 232 g/mol. The Hall–Kier alpha value is -1.72. The Kier molecular flexibility index (Phi) is 4.07. The lowest BCUT2D eigenvalue weighted by molar-refractivity contribution is -0.130. The molecule has 0 aromatic carbocycles. The number of rotatable bonds is 4. The zero-order chi connectivity index (χ0) is 13.0. The molecule has 0 radical (unpaired) electrons. The largest absolute Gasteiger partial charge is 0.481 e. The molecule has 0 saturated carbocycles. The van der Waals surface area contributed by atoms with Crippen molar-refractivity contribution in [3.8, 4) is 5.88 Å². The van der Waals surface area contributed by atoms with Crippen molar-refractivity contribution >= 4 is 11.7 Å². The van der Waals surface area contributed by atoms with Crippen molar-refractivity contribution in [1.82, 2.24) is 14.7 Å². The Morgan fingerprint density at radius 3 is 2.78 bits per heavy atom. The fourth-order valence-corrected chi connectivity index (χ4v) is 2.15. The molecule has 1 aliphatic rings. The number of aryl methyl sites for hydroxylation is 1. The standard InChI is InChI=1S/C12H20N4O2/c1-15-12(18-2)8-10(14-15)13-9-11(17)16-6-4-3-5-7-16/h8H,3-7,9H2,1-2H3,(H,13,14). The molecule has 0 aliphatic carbocycles. The van der Waals surface area contributed by atoms with Crippen LogP contribution < -0.4 is 10.1 Å². The molecule has 1 aromatic heterocycles. The molecule has 1 aliphatic heterocycles. The number of nitrogens with zero attached hydrogens (tertiary/aromatic N) is 3. The number of carbonyl (C=O) groups excluding carboxylic acids is 1. The van der Waals surface area contributed by atoms with Crippen molar-refractivity contribution in [2.45, 2.75) is 19.3 Å². The fourth-order valence-electron chi connectivity index (χ4n) is 2.15. The zero-order valence-corrected chi connectivity index (χ0v) is 11.0. The predicted octanol–water partition coefficient (Wildman–Crippen LogP) is 0.853. The first-order chi connectivity index (χ1) is 8.70. The highest BCUT2D eigenvalue weighted by atomic mass is 16.5. The summed E-state index contributed by atoms with van der Waals surface area (Å²) in [7, 11) is 3.40. The van der Waals surface area contributed by atoms with Gasteiger partial charge < -0.3 is 15.0 Å². The van der Waals surface area contributed by atoms with Crippen molar-refractivity contribution < 1.29 is 9.53 Å². The van der Waals surface area contributed by atoms with Gasteiger partial charge in [0.25, 0.3) is 0 Å². The van der Waals surface area contributed by atoms with Gasteiger partial charge in [-0.3, -0.25) is 4.79 Å². The van der Waals surface area contributed by atoms with E-state index < -0.39 is 0 Å². The van der Waals surface area contributed by atoms with Crippen LogP contribution in [0, 0.1) is 0 Å². The van der Waals surface area contributed by atoms with E-state index in [1.54, 1.807) is 24.9 Å². The summed E-state index contributed by atoms with van der Waals surface area (Å²) in [4.78, 5) is 13.8. The van der Waals surface area contributed by atoms with Crippen LogP contribution in [0.15, 0.2) is 6.07 Å². The average molecular weight is 252 g/mol. The number of carbonyl (C=O) groups is 1. The zero-order valence-electron chi connectivity index (χ0n) is 11.0. The number of anilines is 1. The second kappa shape index (κ2) is 5.75. The topological polar surface area (TPSA) is 59.4 Å². The minimum absolute atomic E-state index is 0.138. The van der Waals surface area contributed by atoms with Gasteiger partial charge in [0.2, 0.25) is 11.8 Å². The van der Waals surface area contributed by atoms with Crippen molar-refractivity contribution in [3.63, 3.8) is 0 Å². The normalized spacial score (nSPS) is 15.6. The van der Waals surface area contributed by atoms with Gasteiger partial charge in [0, 0.05) is 26.2 Å². The molecule has 6 nitrogen and oxygen atoms in total. The number of methoxy groups -OCH3 is 1. The minimum Gasteiger partial charge on any atom is -0.481 e. The van der Waals surface area contributed by atoms with Gasteiger partial charge in [0.05, 0.1) is 13.7 Å². The highest BCUT2D eigenvalue weighted by molar-refractivity contribution is 5.80. The number of hydrogen-bond donors (Lipinski definition) is 1. The first-order valence-corrected chi connectivity index (χ1v) is 6.30. The molecule has 0 atom stereocenters. The van der Waals surface area contributed by atoms with E-state index in [1.165, 1.54) is 6.42 Å². The van der Waals surface area contributed by atoms with E-state index in [-0.39, 0.29) is 5.91 Å². The monoisotopic (exact) mass is 252 g/mol. The van der Waals surface area contributed by atoms with Crippen molar-refractivity contribution in [1.29, 1.82) is 0 Å². The molecule has 0 bridgehead atoms. The molecule has 6 heteroatoms. The summed E-state index contributed by atoms with van der Waals surface area (Å²) in [5.41, 5.74) is 0. The van der Waals surface area contributed by atoms with Crippen LogP contribution in [0.25, 0.3) is 0 Å². The third-order valence-corrected chi connectivity index (χ3v) is 3.18. The number of likely N-dealkylation sites (tertiary alicyclic amines) is 1. The van der Waals surface area contributed by atoms with Gasteiger partial charge in [0.15, 0.2) is 5.82 Å². The van der Waals surface area contributed by atoms with E-state index in [2.05, 4.69) is 10.4 Å². The van der Waals surface area contributed by atoms with E-state index in [0.717, 1.165) is 25.9 Å². The lowest BCUT2D eigenvalue weighted by Gasteiger charge is -2.26. The maximum atomic E-state index is 11.9. The van der Waals surface area contributed by atoms with Gasteiger partial charge >= 0.3 is 0 Å². The highest BCUT2D eigenvalue weighted by Gasteiger charge is 2.16. The average Bonchev–Trinajstić information content (AvgIpc) is 2.77. The second-order valence-corrected chi connectivity index (χ2v) is 4.49. The number of piperidine rings is 1. The van der Waals surface area contributed by atoms with Gasteiger partial charge in [0.1, 0.15) is 0 Å². The second-order valence-electron chi connectivity index (χ2n) is 4.49. The third kappa shape index (κ3) is 2.94. The molecule has 1 fully saturated rings. The van der Waals surface area contributed by atoms with Crippen LogP contribution in [0.4, 0.5) is 5.82 Å². The van der Waals surface area contributed by atoms with Crippen LogP contribution in [-0.4, -0.2) is 47.3 Å². The van der Waals surface area contributed by atoms with E-state index >= 15 is 0 Å². The summed E-state index contributed by atoms with van der Waals surface area (Å²) in [6.07, 6.45) is 3.46. The van der Waals surface area contributed by atoms with Crippen molar-refractivity contribution in [2.75, 3.05) is 32.1 Å². The summed E-state index contributed by atoms with van der Waals surface area (Å²) in [5.74, 6) is 1.47. The van der Waals surface area contributed by atoms with E-state index in [1.807, 2.05) is 4.90 Å². The predicted molar refractivity (Wildman–Crippen MR) is 68.7 cm³/mol. The SMILES string of the molecule is COc1cc(NCC(=O)N2CCCCC2)nn1C. The Morgan fingerprint density at radius 2 is 2.17 bits per heavy atom. The van der Waals surface area contributed by atoms with E-state index in [9.17, 15) is 4.79 Å². The Labute approximate surface area is 107 Å². The molecule has 100 valence electrons. The molecule has 2 rings (SSSR count). The summed E-state index contributed by atoms with van der Waals surface area (Å²) in [6.45, 7) is 2.05. The quantitative estimate of drug-likeness (QED) is 0.863. The molecule has 1 amide bonds. The lowest BCUT2D eigenvalue weighted by atomic mass is 10.1. The maximum absolute atomic E-state index is 11.9. The molecule has 2 heterocycles. The summed E-state index contributed by atoms with van der Waals surface area (Å²) in [5, 5.41) is 7.24.